The Labute approximate surface area is 133 Å². The first-order chi connectivity index (χ1) is 10.7. The van der Waals surface area contributed by atoms with Crippen molar-refractivity contribution in [2.75, 3.05) is 0 Å². The van der Waals surface area contributed by atoms with Crippen LogP contribution in [0.5, 0.6) is 0 Å². The Morgan fingerprint density at radius 2 is 2.09 bits per heavy atom. The number of carbonyl (C=O) groups is 1. The molecule has 0 saturated heterocycles. The lowest BCUT2D eigenvalue weighted by Gasteiger charge is -1.96. The van der Waals surface area contributed by atoms with Gasteiger partial charge in [-0.05, 0) is 37.1 Å². The summed E-state index contributed by atoms with van der Waals surface area (Å²) in [6.45, 7) is 2.21. The predicted molar refractivity (Wildman–Crippen MR) is 87.9 cm³/mol. The molecule has 0 aliphatic heterocycles. The fourth-order valence-corrected chi connectivity index (χ4v) is 2.95. The Balaban J connectivity index is 1.94. The Kier molecular flexibility index (Phi) is 6.21. The van der Waals surface area contributed by atoms with Crippen LogP contribution in [0.1, 0.15) is 58.8 Å². The standard InChI is InChI=1S/C16H19N3O2S/c1-2-3-4-5-6-12-7-8-13(22-12)9-10-14-17-11-18-15(19-14)16(20)21/h7-11H,2-6H2,1H3,(H,20,21). The van der Waals surface area contributed by atoms with Crippen LogP contribution in [0, 0.1) is 0 Å². The monoisotopic (exact) mass is 317 g/mol. The number of aromatic carboxylic acids is 1. The minimum absolute atomic E-state index is 0.238. The first-order valence-corrected chi connectivity index (χ1v) is 8.20. The van der Waals surface area contributed by atoms with Gasteiger partial charge in [-0.1, -0.05) is 26.2 Å². The highest BCUT2D eigenvalue weighted by molar-refractivity contribution is 7.12. The number of carboxylic acids is 1. The summed E-state index contributed by atoms with van der Waals surface area (Å²) < 4.78 is 0. The molecule has 2 rings (SSSR count). The molecule has 0 saturated carbocycles. The van der Waals surface area contributed by atoms with E-state index < -0.39 is 5.97 Å². The molecular weight excluding hydrogens is 298 g/mol. The molecule has 6 heteroatoms. The molecule has 22 heavy (non-hydrogen) atoms. The van der Waals surface area contributed by atoms with Crippen LogP contribution < -0.4 is 0 Å². The van der Waals surface area contributed by atoms with Crippen LogP contribution in [0.4, 0.5) is 0 Å². The molecule has 0 spiro atoms. The quantitative estimate of drug-likeness (QED) is 0.747. The predicted octanol–water partition coefficient (Wildman–Crippen LogP) is 3.92. The second kappa shape index (κ2) is 8.38. The molecule has 0 unspecified atom stereocenters. The van der Waals surface area contributed by atoms with Gasteiger partial charge in [-0.2, -0.15) is 0 Å². The van der Waals surface area contributed by atoms with E-state index in [4.69, 9.17) is 5.11 Å². The number of rotatable bonds is 8. The van der Waals surface area contributed by atoms with Crippen LogP contribution in [-0.2, 0) is 6.42 Å². The summed E-state index contributed by atoms with van der Waals surface area (Å²) in [5.74, 6) is -1.04. The van der Waals surface area contributed by atoms with Crippen molar-refractivity contribution in [3.05, 3.63) is 39.9 Å². The van der Waals surface area contributed by atoms with E-state index in [-0.39, 0.29) is 5.82 Å². The summed E-state index contributed by atoms with van der Waals surface area (Å²) >= 11 is 1.75. The molecule has 1 N–H and O–H groups in total. The zero-order valence-electron chi connectivity index (χ0n) is 12.5. The van der Waals surface area contributed by atoms with Crippen molar-refractivity contribution in [1.29, 1.82) is 0 Å². The Bertz CT molecular complexity index is 652. The van der Waals surface area contributed by atoms with Crippen LogP contribution >= 0.6 is 11.3 Å². The minimum atomic E-state index is -1.15. The molecule has 0 aliphatic carbocycles. The molecule has 0 radical (unpaired) electrons. The summed E-state index contributed by atoms with van der Waals surface area (Å²) in [6.07, 6.45) is 11.0. The Hall–Kier alpha value is -2.08. The zero-order chi connectivity index (χ0) is 15.8. The maximum atomic E-state index is 10.8. The number of carboxylic acid groups (broad SMARTS) is 1. The van der Waals surface area contributed by atoms with Crippen molar-refractivity contribution < 1.29 is 9.90 Å². The van der Waals surface area contributed by atoms with E-state index >= 15 is 0 Å². The maximum absolute atomic E-state index is 10.8. The molecule has 2 heterocycles. The second-order valence-corrected chi connectivity index (χ2v) is 6.12. The van der Waals surface area contributed by atoms with Crippen LogP contribution in [0.25, 0.3) is 12.2 Å². The summed E-state index contributed by atoms with van der Waals surface area (Å²) in [5, 5.41) is 8.84. The first-order valence-electron chi connectivity index (χ1n) is 7.38. The maximum Gasteiger partial charge on any atom is 0.374 e. The molecule has 0 amide bonds. The number of aromatic nitrogens is 3. The van der Waals surface area contributed by atoms with Crippen molar-refractivity contribution in [2.24, 2.45) is 0 Å². The van der Waals surface area contributed by atoms with Gasteiger partial charge in [0.15, 0.2) is 5.82 Å². The van der Waals surface area contributed by atoms with Gasteiger partial charge in [-0.15, -0.1) is 11.3 Å². The molecule has 2 aromatic rings. The van der Waals surface area contributed by atoms with Crippen LogP contribution in [0.3, 0.4) is 0 Å². The number of nitrogens with zero attached hydrogens (tertiary/aromatic N) is 3. The first kappa shape index (κ1) is 16.3. The fraction of sp³-hybridized carbons (Fsp3) is 0.375. The van der Waals surface area contributed by atoms with Gasteiger partial charge >= 0.3 is 5.97 Å². The van der Waals surface area contributed by atoms with Gasteiger partial charge in [0.05, 0.1) is 0 Å². The largest absolute Gasteiger partial charge is 0.475 e. The molecule has 116 valence electrons. The van der Waals surface area contributed by atoms with E-state index in [1.54, 1.807) is 17.4 Å². The van der Waals surface area contributed by atoms with Gasteiger partial charge in [0.25, 0.3) is 0 Å². The van der Waals surface area contributed by atoms with E-state index in [1.807, 2.05) is 6.08 Å². The number of aryl methyl sites for hydroxylation is 1. The molecule has 0 atom stereocenters. The average Bonchev–Trinajstić information content (AvgIpc) is 2.98. The molecule has 0 aliphatic rings. The number of thiophene rings is 1. The lowest BCUT2D eigenvalue weighted by molar-refractivity contribution is 0.0683. The lowest BCUT2D eigenvalue weighted by atomic mass is 10.1. The fourth-order valence-electron chi connectivity index (χ4n) is 1.99. The Morgan fingerprint density at radius 1 is 1.23 bits per heavy atom. The van der Waals surface area contributed by atoms with E-state index in [0.29, 0.717) is 5.82 Å². The minimum Gasteiger partial charge on any atom is -0.475 e. The van der Waals surface area contributed by atoms with Crippen molar-refractivity contribution in [3.63, 3.8) is 0 Å². The van der Waals surface area contributed by atoms with Gasteiger partial charge in [-0.3, -0.25) is 0 Å². The van der Waals surface area contributed by atoms with Gasteiger partial charge in [0, 0.05) is 9.75 Å². The highest BCUT2D eigenvalue weighted by Crippen LogP contribution is 2.21. The third kappa shape index (κ3) is 5.04. The molecular formula is C16H19N3O2S. The average molecular weight is 317 g/mol. The molecule has 0 bridgehead atoms. The van der Waals surface area contributed by atoms with Gasteiger partial charge in [-0.25, -0.2) is 19.7 Å². The molecule has 0 aromatic carbocycles. The smallest absolute Gasteiger partial charge is 0.374 e. The van der Waals surface area contributed by atoms with Crippen molar-refractivity contribution in [2.45, 2.75) is 39.0 Å². The summed E-state index contributed by atoms with van der Waals surface area (Å²) in [4.78, 5) is 24.7. The molecule has 5 nitrogen and oxygen atoms in total. The number of hydrogen-bond acceptors (Lipinski definition) is 5. The van der Waals surface area contributed by atoms with Crippen LogP contribution in [0.15, 0.2) is 18.5 Å². The van der Waals surface area contributed by atoms with E-state index in [0.717, 1.165) is 11.3 Å². The lowest BCUT2D eigenvalue weighted by Crippen LogP contribution is -2.05. The topological polar surface area (TPSA) is 76.0 Å². The van der Waals surface area contributed by atoms with Gasteiger partial charge < -0.3 is 5.11 Å². The third-order valence-corrected chi connectivity index (χ3v) is 4.25. The highest BCUT2D eigenvalue weighted by Gasteiger charge is 2.06. The SMILES string of the molecule is CCCCCCc1ccc(C=Cc2ncnc(C(=O)O)n2)s1. The van der Waals surface area contributed by atoms with Crippen molar-refractivity contribution >= 4 is 29.5 Å². The van der Waals surface area contributed by atoms with Gasteiger partial charge in [0.1, 0.15) is 6.33 Å². The summed E-state index contributed by atoms with van der Waals surface area (Å²) in [6, 6.07) is 4.21. The third-order valence-electron chi connectivity index (χ3n) is 3.14. The van der Waals surface area contributed by atoms with Gasteiger partial charge in [0.2, 0.25) is 5.82 Å². The second-order valence-electron chi connectivity index (χ2n) is 4.92. The Morgan fingerprint density at radius 3 is 2.86 bits per heavy atom. The normalized spacial score (nSPS) is 11.1. The zero-order valence-corrected chi connectivity index (χ0v) is 13.3. The molecule has 0 fully saturated rings. The molecule has 2 aromatic heterocycles. The van der Waals surface area contributed by atoms with Crippen molar-refractivity contribution in [3.8, 4) is 0 Å². The van der Waals surface area contributed by atoms with E-state index in [9.17, 15) is 4.79 Å². The van der Waals surface area contributed by atoms with Crippen molar-refractivity contribution in [1.82, 2.24) is 15.0 Å². The summed E-state index contributed by atoms with van der Waals surface area (Å²) in [5.41, 5.74) is 0. The van der Waals surface area contributed by atoms with E-state index in [1.165, 1.54) is 36.9 Å². The number of hydrogen-bond donors (Lipinski definition) is 1. The van der Waals surface area contributed by atoms with Crippen LogP contribution in [-0.4, -0.2) is 26.0 Å². The highest BCUT2D eigenvalue weighted by atomic mass is 32.1. The van der Waals surface area contributed by atoms with Crippen LogP contribution in [0.2, 0.25) is 0 Å². The number of unbranched alkanes of at least 4 members (excludes halogenated alkanes) is 3. The summed E-state index contributed by atoms with van der Waals surface area (Å²) in [7, 11) is 0. The van der Waals surface area contributed by atoms with E-state index in [2.05, 4.69) is 34.0 Å².